The van der Waals surface area contributed by atoms with E-state index in [9.17, 15) is 9.18 Å². The molecule has 0 aliphatic rings. The summed E-state index contributed by atoms with van der Waals surface area (Å²) in [5.41, 5.74) is 6.19. The number of carbonyl (C=O) groups excluding carboxylic acids is 1. The highest BCUT2D eigenvalue weighted by atomic mass is 19.1. The first-order valence-electron chi connectivity index (χ1n) is 6.36. The number of halogens is 1. The third-order valence-electron chi connectivity index (χ3n) is 2.91. The Bertz CT molecular complexity index is 689. The molecule has 21 heavy (non-hydrogen) atoms. The largest absolute Gasteiger partial charge is 0.397 e. The van der Waals surface area contributed by atoms with Gasteiger partial charge in [0.2, 0.25) is 11.7 Å². The Hall–Kier alpha value is -2.88. The zero-order valence-electron chi connectivity index (χ0n) is 11.2. The highest BCUT2D eigenvalue weighted by molar-refractivity contribution is 5.93. The van der Waals surface area contributed by atoms with Gasteiger partial charge in [0.1, 0.15) is 11.9 Å². The molecule has 108 valence electrons. The minimum Gasteiger partial charge on any atom is -0.397 e. The van der Waals surface area contributed by atoms with Crippen LogP contribution in [0.2, 0.25) is 0 Å². The van der Waals surface area contributed by atoms with Crippen molar-refractivity contribution in [3.63, 3.8) is 0 Å². The fourth-order valence-corrected chi connectivity index (χ4v) is 1.87. The van der Waals surface area contributed by atoms with E-state index in [4.69, 9.17) is 11.0 Å². The average Bonchev–Trinajstić information content (AvgIpc) is 2.89. The summed E-state index contributed by atoms with van der Waals surface area (Å²) >= 11 is 0. The number of benzene rings is 1. The summed E-state index contributed by atoms with van der Waals surface area (Å²) < 4.78 is 14.6. The summed E-state index contributed by atoms with van der Waals surface area (Å²) in [7, 11) is 0. The molecule has 0 atom stereocenters. The van der Waals surface area contributed by atoms with Crippen molar-refractivity contribution in [3.8, 4) is 6.07 Å². The molecule has 0 aliphatic carbocycles. The zero-order chi connectivity index (χ0) is 15.2. The van der Waals surface area contributed by atoms with Crippen molar-refractivity contribution >= 4 is 17.3 Å². The lowest BCUT2D eigenvalue weighted by atomic mass is 10.2. The zero-order valence-corrected chi connectivity index (χ0v) is 11.2. The third-order valence-corrected chi connectivity index (χ3v) is 2.91. The van der Waals surface area contributed by atoms with Crippen LogP contribution in [0.25, 0.3) is 0 Å². The van der Waals surface area contributed by atoms with Gasteiger partial charge in [0.15, 0.2) is 0 Å². The number of imidazole rings is 1. The number of carbonyl (C=O) groups is 1. The summed E-state index contributed by atoms with van der Waals surface area (Å²) in [6.45, 7) is 0.523. The van der Waals surface area contributed by atoms with Crippen LogP contribution in [0, 0.1) is 17.1 Å². The molecule has 3 N–H and O–H groups in total. The summed E-state index contributed by atoms with van der Waals surface area (Å²) in [6, 6.07) is 5.77. The maximum Gasteiger partial charge on any atom is 0.224 e. The van der Waals surface area contributed by atoms with E-state index in [2.05, 4.69) is 10.3 Å². The van der Waals surface area contributed by atoms with Gasteiger partial charge in [0.25, 0.3) is 0 Å². The molecule has 1 aromatic carbocycles. The van der Waals surface area contributed by atoms with Crippen LogP contribution >= 0.6 is 0 Å². The van der Waals surface area contributed by atoms with E-state index < -0.39 is 5.82 Å². The van der Waals surface area contributed by atoms with Crippen molar-refractivity contribution in [1.82, 2.24) is 9.55 Å². The van der Waals surface area contributed by atoms with Gasteiger partial charge in [-0.3, -0.25) is 4.79 Å². The standard InChI is InChI=1S/C14H14FN5O/c15-10-3-4-12(11(17)8-10)19-14(21)2-1-6-20-7-5-18-13(20)9-16/h3-5,7-8H,1-2,6,17H2,(H,19,21). The third kappa shape index (κ3) is 3.79. The number of nitrogens with two attached hydrogens (primary N) is 1. The normalized spacial score (nSPS) is 10.1. The van der Waals surface area contributed by atoms with Crippen LogP contribution in [0.1, 0.15) is 18.7 Å². The Morgan fingerprint density at radius 3 is 3.05 bits per heavy atom. The van der Waals surface area contributed by atoms with Crippen LogP contribution in [0.5, 0.6) is 0 Å². The molecule has 0 spiro atoms. The van der Waals surface area contributed by atoms with Crippen LogP contribution < -0.4 is 11.1 Å². The Kier molecular flexibility index (Phi) is 4.51. The van der Waals surface area contributed by atoms with Crippen LogP contribution in [0.4, 0.5) is 15.8 Å². The van der Waals surface area contributed by atoms with Gasteiger partial charge in [0.05, 0.1) is 11.4 Å². The van der Waals surface area contributed by atoms with Gasteiger partial charge in [0, 0.05) is 25.4 Å². The lowest BCUT2D eigenvalue weighted by Gasteiger charge is -2.08. The molecule has 1 aromatic heterocycles. The SMILES string of the molecule is N#Cc1nccn1CCCC(=O)Nc1ccc(F)cc1N. The van der Waals surface area contributed by atoms with E-state index in [-0.39, 0.29) is 18.0 Å². The Morgan fingerprint density at radius 2 is 2.33 bits per heavy atom. The molecular formula is C14H14FN5O. The first kappa shape index (κ1) is 14.5. The summed E-state index contributed by atoms with van der Waals surface area (Å²) in [4.78, 5) is 15.7. The summed E-state index contributed by atoms with van der Waals surface area (Å²) in [5.74, 6) is -0.347. The number of amides is 1. The number of nitrogens with one attached hydrogen (secondary N) is 1. The number of rotatable bonds is 5. The second-order valence-electron chi connectivity index (χ2n) is 4.44. The molecule has 6 nitrogen and oxygen atoms in total. The second-order valence-corrected chi connectivity index (χ2v) is 4.44. The molecule has 0 saturated carbocycles. The predicted molar refractivity (Wildman–Crippen MR) is 75.6 cm³/mol. The number of nitrogen functional groups attached to an aromatic ring is 1. The fourth-order valence-electron chi connectivity index (χ4n) is 1.87. The number of anilines is 2. The molecule has 0 radical (unpaired) electrons. The maximum atomic E-state index is 12.9. The Balaban J connectivity index is 1.84. The van der Waals surface area contributed by atoms with E-state index in [1.165, 1.54) is 18.3 Å². The van der Waals surface area contributed by atoms with Crippen molar-refractivity contribution in [1.29, 1.82) is 5.26 Å². The quantitative estimate of drug-likeness (QED) is 0.821. The van der Waals surface area contributed by atoms with E-state index in [1.54, 1.807) is 10.8 Å². The van der Waals surface area contributed by atoms with Crippen molar-refractivity contribution < 1.29 is 9.18 Å². The number of hydrogen-bond acceptors (Lipinski definition) is 4. The molecule has 0 saturated heterocycles. The molecule has 0 unspecified atom stereocenters. The Labute approximate surface area is 121 Å². The Morgan fingerprint density at radius 1 is 1.52 bits per heavy atom. The van der Waals surface area contributed by atoms with Crippen LogP contribution in [0.15, 0.2) is 30.6 Å². The molecular weight excluding hydrogens is 273 g/mol. The highest BCUT2D eigenvalue weighted by Gasteiger charge is 2.07. The minimum absolute atomic E-state index is 0.185. The average molecular weight is 287 g/mol. The van der Waals surface area contributed by atoms with Gasteiger partial charge in [-0.25, -0.2) is 9.37 Å². The first-order chi connectivity index (χ1) is 10.1. The molecule has 2 rings (SSSR count). The highest BCUT2D eigenvalue weighted by Crippen LogP contribution is 2.19. The predicted octanol–water partition coefficient (Wildman–Crippen LogP) is 1.89. The number of hydrogen-bond donors (Lipinski definition) is 2. The van der Waals surface area contributed by atoms with Gasteiger partial charge < -0.3 is 15.6 Å². The lowest BCUT2D eigenvalue weighted by Crippen LogP contribution is -2.14. The van der Waals surface area contributed by atoms with Crippen molar-refractivity contribution in [2.75, 3.05) is 11.1 Å². The maximum absolute atomic E-state index is 12.9. The summed E-state index contributed by atoms with van der Waals surface area (Å²) in [6.07, 6.45) is 4.05. The van der Waals surface area contributed by atoms with Gasteiger partial charge in [-0.1, -0.05) is 0 Å². The first-order valence-corrected chi connectivity index (χ1v) is 6.36. The molecule has 0 bridgehead atoms. The van der Waals surface area contributed by atoms with Crippen LogP contribution in [0.3, 0.4) is 0 Å². The molecule has 0 fully saturated rings. The molecule has 1 amide bonds. The number of nitrogens with zero attached hydrogens (tertiary/aromatic N) is 3. The fraction of sp³-hybridized carbons (Fsp3) is 0.214. The van der Waals surface area contributed by atoms with E-state index >= 15 is 0 Å². The molecule has 0 aliphatic heterocycles. The van der Waals surface area contributed by atoms with Crippen molar-refractivity contribution in [2.24, 2.45) is 0 Å². The second kappa shape index (κ2) is 6.52. The smallest absolute Gasteiger partial charge is 0.224 e. The molecule has 7 heteroatoms. The van der Waals surface area contributed by atoms with Gasteiger partial charge in [-0.2, -0.15) is 5.26 Å². The van der Waals surface area contributed by atoms with Gasteiger partial charge in [-0.05, 0) is 24.6 Å². The molecule has 2 aromatic rings. The number of aryl methyl sites for hydroxylation is 1. The number of aromatic nitrogens is 2. The van der Waals surface area contributed by atoms with Crippen molar-refractivity contribution in [2.45, 2.75) is 19.4 Å². The lowest BCUT2D eigenvalue weighted by molar-refractivity contribution is -0.116. The topological polar surface area (TPSA) is 96.7 Å². The summed E-state index contributed by atoms with van der Waals surface area (Å²) in [5, 5.41) is 11.4. The van der Waals surface area contributed by atoms with Crippen LogP contribution in [-0.2, 0) is 11.3 Å². The van der Waals surface area contributed by atoms with Gasteiger partial charge in [-0.15, -0.1) is 0 Å². The van der Waals surface area contributed by atoms with Crippen LogP contribution in [-0.4, -0.2) is 15.5 Å². The van der Waals surface area contributed by atoms with Crippen molar-refractivity contribution in [3.05, 3.63) is 42.2 Å². The van der Waals surface area contributed by atoms with E-state index in [1.807, 2.05) is 6.07 Å². The van der Waals surface area contributed by atoms with E-state index in [0.29, 0.717) is 24.5 Å². The van der Waals surface area contributed by atoms with E-state index in [0.717, 1.165) is 6.07 Å². The molecule has 1 heterocycles. The number of nitriles is 1. The minimum atomic E-state index is -0.449. The monoisotopic (exact) mass is 287 g/mol. The van der Waals surface area contributed by atoms with Gasteiger partial charge >= 0.3 is 0 Å².